The van der Waals surface area contributed by atoms with E-state index in [0.717, 1.165) is 17.4 Å². The molecule has 2 aromatic rings. The summed E-state index contributed by atoms with van der Waals surface area (Å²) < 4.78 is 31.8. The van der Waals surface area contributed by atoms with Gasteiger partial charge in [-0.25, -0.2) is 13.2 Å². The number of sulfonamides is 1. The van der Waals surface area contributed by atoms with E-state index in [1.54, 1.807) is 19.2 Å². The van der Waals surface area contributed by atoms with Crippen LogP contribution in [0, 0.1) is 0 Å². The molecule has 0 spiro atoms. The zero-order chi connectivity index (χ0) is 23.3. The van der Waals surface area contributed by atoms with Gasteiger partial charge in [-0.1, -0.05) is 25.4 Å². The first kappa shape index (κ1) is 24.8. The number of nitrogens with zero attached hydrogens (tertiary/aromatic N) is 1. The molecule has 0 aliphatic heterocycles. The molecule has 12 heteroatoms. The Bertz CT molecular complexity index is 1100. The van der Waals surface area contributed by atoms with Crippen molar-refractivity contribution in [1.82, 2.24) is 4.31 Å². The van der Waals surface area contributed by atoms with Crippen LogP contribution in [0.3, 0.4) is 0 Å². The lowest BCUT2D eigenvalue weighted by Crippen LogP contribution is -2.31. The van der Waals surface area contributed by atoms with Gasteiger partial charge < -0.3 is 15.8 Å². The van der Waals surface area contributed by atoms with Gasteiger partial charge in [-0.05, 0) is 36.6 Å². The number of carbonyl (C=O) groups is 3. The Morgan fingerprint density at radius 2 is 1.84 bits per heavy atom. The van der Waals surface area contributed by atoms with Gasteiger partial charge in [0.2, 0.25) is 10.0 Å². The van der Waals surface area contributed by atoms with E-state index in [0.29, 0.717) is 0 Å². The maximum absolute atomic E-state index is 12.7. The first-order valence-corrected chi connectivity index (χ1v) is 11.9. The summed E-state index contributed by atoms with van der Waals surface area (Å²) in [5, 5.41) is 4.26. The molecule has 0 bridgehead atoms. The van der Waals surface area contributed by atoms with Crippen molar-refractivity contribution >= 4 is 55.7 Å². The summed E-state index contributed by atoms with van der Waals surface area (Å²) in [6, 6.07) is 5.16. The molecule has 2 rings (SSSR count). The van der Waals surface area contributed by atoms with Crippen LogP contribution in [0.25, 0.3) is 0 Å². The molecule has 0 fully saturated rings. The number of nitrogens with one attached hydrogen (secondary N) is 1. The van der Waals surface area contributed by atoms with Gasteiger partial charge in [-0.2, -0.15) is 4.31 Å². The second kappa shape index (κ2) is 10.2. The van der Waals surface area contributed by atoms with Crippen LogP contribution >= 0.6 is 22.9 Å². The molecule has 1 heterocycles. The number of halogens is 1. The van der Waals surface area contributed by atoms with Gasteiger partial charge in [0, 0.05) is 13.1 Å². The minimum Gasteiger partial charge on any atom is -0.449 e. The van der Waals surface area contributed by atoms with Crippen molar-refractivity contribution in [1.29, 1.82) is 0 Å². The largest absolute Gasteiger partial charge is 0.449 e. The molecular formula is C19H22ClN3O6S2. The Morgan fingerprint density at radius 3 is 2.42 bits per heavy atom. The molecule has 168 valence electrons. The molecule has 9 nitrogen and oxygen atoms in total. The third kappa shape index (κ3) is 5.62. The normalized spacial score (nSPS) is 12.4. The van der Waals surface area contributed by atoms with Crippen LogP contribution < -0.4 is 11.1 Å². The smallest absolute Gasteiger partial charge is 0.340 e. The van der Waals surface area contributed by atoms with Crippen LogP contribution in [-0.2, 0) is 19.6 Å². The van der Waals surface area contributed by atoms with Gasteiger partial charge in [0.1, 0.15) is 5.00 Å². The van der Waals surface area contributed by atoms with E-state index in [4.69, 9.17) is 22.1 Å². The van der Waals surface area contributed by atoms with Crippen LogP contribution in [0.1, 0.15) is 41.5 Å². The maximum atomic E-state index is 12.7. The van der Waals surface area contributed by atoms with Crippen molar-refractivity contribution in [2.45, 2.75) is 31.8 Å². The molecule has 31 heavy (non-hydrogen) atoms. The van der Waals surface area contributed by atoms with Crippen molar-refractivity contribution in [3.05, 3.63) is 45.8 Å². The van der Waals surface area contributed by atoms with E-state index in [-0.39, 0.29) is 39.1 Å². The number of primary amides is 1. The highest BCUT2D eigenvalue weighted by Gasteiger charge is 2.26. The Morgan fingerprint density at radius 1 is 1.19 bits per heavy atom. The molecule has 1 atom stereocenters. The molecule has 0 saturated carbocycles. The topological polar surface area (TPSA) is 136 Å². The SMILES string of the molecule is CCN(CC)S(=O)(=O)c1ccc(Cl)c(C(=O)O[C@H](C)C(=O)Nc2sccc2C(N)=O)c1. The van der Waals surface area contributed by atoms with E-state index in [9.17, 15) is 22.8 Å². The van der Waals surface area contributed by atoms with Crippen molar-refractivity contribution in [3.8, 4) is 0 Å². The van der Waals surface area contributed by atoms with Crippen molar-refractivity contribution in [2.75, 3.05) is 18.4 Å². The van der Waals surface area contributed by atoms with E-state index < -0.39 is 33.9 Å². The van der Waals surface area contributed by atoms with E-state index >= 15 is 0 Å². The first-order chi connectivity index (χ1) is 14.5. The fraction of sp³-hybridized carbons (Fsp3) is 0.316. The van der Waals surface area contributed by atoms with E-state index in [2.05, 4.69) is 5.32 Å². The van der Waals surface area contributed by atoms with Crippen molar-refractivity contribution < 1.29 is 27.5 Å². The van der Waals surface area contributed by atoms with E-state index in [1.807, 2.05) is 0 Å². The second-order valence-electron chi connectivity index (χ2n) is 6.30. The molecule has 0 unspecified atom stereocenters. The van der Waals surface area contributed by atoms with E-state index in [1.165, 1.54) is 29.4 Å². The van der Waals surface area contributed by atoms with Gasteiger partial charge in [0.15, 0.2) is 6.10 Å². The third-order valence-corrected chi connectivity index (χ3v) is 7.53. The Hall–Kier alpha value is -2.47. The van der Waals surface area contributed by atoms with Crippen LogP contribution in [0.4, 0.5) is 5.00 Å². The fourth-order valence-corrected chi connectivity index (χ4v) is 5.10. The van der Waals surface area contributed by atoms with Gasteiger partial charge in [-0.15, -0.1) is 11.3 Å². The molecular weight excluding hydrogens is 466 g/mol. The van der Waals surface area contributed by atoms with Gasteiger partial charge in [-0.3, -0.25) is 9.59 Å². The minimum absolute atomic E-state index is 0.0228. The quantitative estimate of drug-likeness (QED) is 0.522. The summed E-state index contributed by atoms with van der Waals surface area (Å²) >= 11 is 7.15. The highest BCUT2D eigenvalue weighted by Crippen LogP contribution is 2.25. The molecule has 2 amide bonds. The number of anilines is 1. The minimum atomic E-state index is -3.82. The molecule has 0 aliphatic rings. The summed E-state index contributed by atoms with van der Waals surface area (Å²) in [4.78, 5) is 36.2. The lowest BCUT2D eigenvalue weighted by Gasteiger charge is -2.19. The number of nitrogens with two attached hydrogens (primary N) is 1. The fourth-order valence-electron chi connectivity index (χ4n) is 2.63. The summed E-state index contributed by atoms with van der Waals surface area (Å²) in [5.41, 5.74) is 5.18. The summed E-state index contributed by atoms with van der Waals surface area (Å²) in [7, 11) is -3.82. The molecule has 0 saturated heterocycles. The number of esters is 1. The Balaban J connectivity index is 2.20. The predicted molar refractivity (Wildman–Crippen MR) is 118 cm³/mol. The van der Waals surface area contributed by atoms with Crippen LogP contribution in [0.15, 0.2) is 34.5 Å². The second-order valence-corrected chi connectivity index (χ2v) is 9.56. The number of benzene rings is 1. The number of rotatable bonds is 9. The first-order valence-electron chi connectivity index (χ1n) is 9.21. The molecule has 0 radical (unpaired) electrons. The monoisotopic (exact) mass is 487 g/mol. The number of thiophene rings is 1. The number of amides is 2. The average molecular weight is 488 g/mol. The predicted octanol–water partition coefficient (Wildman–Crippen LogP) is 2.71. The number of ether oxygens (including phenoxy) is 1. The highest BCUT2D eigenvalue weighted by molar-refractivity contribution is 7.89. The highest BCUT2D eigenvalue weighted by atomic mass is 35.5. The zero-order valence-electron chi connectivity index (χ0n) is 17.0. The number of hydrogen-bond acceptors (Lipinski definition) is 7. The summed E-state index contributed by atoms with van der Waals surface area (Å²) in [6.45, 7) is 5.24. The van der Waals surface area contributed by atoms with Crippen LogP contribution in [0.5, 0.6) is 0 Å². The number of hydrogen-bond donors (Lipinski definition) is 2. The number of carbonyl (C=O) groups excluding carboxylic acids is 3. The average Bonchev–Trinajstić information content (AvgIpc) is 3.17. The lowest BCUT2D eigenvalue weighted by atomic mass is 10.2. The maximum Gasteiger partial charge on any atom is 0.340 e. The lowest BCUT2D eigenvalue weighted by molar-refractivity contribution is -0.123. The van der Waals surface area contributed by atoms with Gasteiger partial charge in [0.05, 0.1) is 21.0 Å². The van der Waals surface area contributed by atoms with Crippen LogP contribution in [-0.4, -0.2) is 49.7 Å². The van der Waals surface area contributed by atoms with Crippen LogP contribution in [0.2, 0.25) is 5.02 Å². The van der Waals surface area contributed by atoms with Gasteiger partial charge >= 0.3 is 5.97 Å². The van der Waals surface area contributed by atoms with Gasteiger partial charge in [0.25, 0.3) is 11.8 Å². The van der Waals surface area contributed by atoms with Crippen molar-refractivity contribution in [3.63, 3.8) is 0 Å². The molecule has 1 aromatic carbocycles. The molecule has 3 N–H and O–H groups in total. The standard InChI is InChI=1S/C19H22ClN3O6S2/c1-4-23(5-2)31(27,28)12-6-7-15(20)14(10-12)19(26)29-11(3)17(25)22-18-13(16(21)24)8-9-30-18/h6-11H,4-5H2,1-3H3,(H2,21,24)(H,22,25)/t11-/m1/s1. The zero-order valence-corrected chi connectivity index (χ0v) is 19.4. The van der Waals surface area contributed by atoms with Crippen molar-refractivity contribution in [2.24, 2.45) is 5.73 Å². The Labute approximate surface area is 189 Å². The third-order valence-electron chi connectivity index (χ3n) is 4.32. The summed E-state index contributed by atoms with van der Waals surface area (Å²) in [6.07, 6.45) is -1.26. The summed E-state index contributed by atoms with van der Waals surface area (Å²) in [5.74, 6) is -2.37. The molecule has 1 aromatic heterocycles. The Kier molecular flexibility index (Phi) is 8.18. The molecule has 0 aliphatic carbocycles.